The van der Waals surface area contributed by atoms with Crippen molar-refractivity contribution in [2.45, 2.75) is 74.7 Å². The Hall–Kier alpha value is -2.73. The molecule has 5 rings (SSSR count). The van der Waals surface area contributed by atoms with Gasteiger partial charge in [0.1, 0.15) is 5.60 Å². The summed E-state index contributed by atoms with van der Waals surface area (Å²) in [5.41, 5.74) is 7.03. The quantitative estimate of drug-likeness (QED) is 0.349. The normalized spacial score (nSPS) is 16.1. The van der Waals surface area contributed by atoms with Gasteiger partial charge in [-0.1, -0.05) is 16.4 Å². The predicted octanol–water partition coefficient (Wildman–Crippen LogP) is 4.55. The van der Waals surface area contributed by atoms with Crippen molar-refractivity contribution in [1.29, 1.82) is 0 Å². The van der Waals surface area contributed by atoms with Crippen LogP contribution in [0.4, 0.5) is 10.6 Å². The lowest BCUT2D eigenvalue weighted by molar-refractivity contribution is -0.676. The Labute approximate surface area is 221 Å². The molecule has 0 spiro atoms. The number of aryl methyl sites for hydroxylation is 1. The van der Waals surface area contributed by atoms with Crippen molar-refractivity contribution >= 4 is 50.8 Å². The molecule has 1 saturated carbocycles. The van der Waals surface area contributed by atoms with Crippen LogP contribution in [-0.4, -0.2) is 39.5 Å². The highest BCUT2D eigenvalue weighted by atomic mass is 79.9. The molecule has 192 valence electrons. The first-order valence-corrected chi connectivity index (χ1v) is 13.6. The fraction of sp³-hybridized carbons (Fsp3) is 0.500. The zero-order valence-corrected chi connectivity index (χ0v) is 22.9. The second kappa shape index (κ2) is 9.97. The zero-order valence-electron chi connectivity index (χ0n) is 20.5. The number of alkyl carbamates (subject to hydrolysis) is 1. The number of nitrogens with zero attached hydrogens (tertiary/aromatic N) is 3. The van der Waals surface area contributed by atoms with E-state index in [1.54, 1.807) is 6.33 Å². The summed E-state index contributed by atoms with van der Waals surface area (Å²) in [6.45, 7) is 6.45. The van der Waals surface area contributed by atoms with Crippen molar-refractivity contribution < 1.29 is 23.6 Å². The van der Waals surface area contributed by atoms with E-state index in [-0.39, 0.29) is 18.9 Å². The molecule has 1 aliphatic heterocycles. The number of hydrogen-bond donors (Lipinski definition) is 3. The minimum absolute atomic E-state index is 0.0195. The number of nitrogens with two attached hydrogens (primary N) is 1. The van der Waals surface area contributed by atoms with Gasteiger partial charge < -0.3 is 30.2 Å². The molecule has 0 saturated heterocycles. The number of H-pyrrole nitrogens is 1. The molecule has 0 bridgehead atoms. The molecule has 1 aliphatic carbocycles. The average Bonchev–Trinajstić information content (AvgIpc) is 3.38. The first-order chi connectivity index (χ1) is 17.2. The number of fused-ring (bicyclic) bond motifs is 2. The maximum Gasteiger partial charge on any atom is 0.407 e. The van der Waals surface area contributed by atoms with Crippen LogP contribution < -0.4 is 25.1 Å². The number of benzene rings is 1. The summed E-state index contributed by atoms with van der Waals surface area (Å²) in [6, 6.07) is 3.83. The number of anilines is 1. The van der Waals surface area contributed by atoms with Gasteiger partial charge in [-0.15, -0.1) is 0 Å². The molecule has 3 aromatic rings. The Balaban J connectivity index is 1.34. The summed E-state index contributed by atoms with van der Waals surface area (Å²) >= 11 is 5.06. The van der Waals surface area contributed by atoms with Crippen LogP contribution in [0, 0.1) is 5.92 Å². The van der Waals surface area contributed by atoms with Gasteiger partial charge in [0.25, 0.3) is 5.65 Å². The third-order valence-corrected chi connectivity index (χ3v) is 8.13. The number of nitrogen functional groups attached to an aromatic ring is 1. The summed E-state index contributed by atoms with van der Waals surface area (Å²) in [5, 5.41) is 3.77. The van der Waals surface area contributed by atoms with Gasteiger partial charge in [0, 0.05) is 15.4 Å². The lowest BCUT2D eigenvalue weighted by Gasteiger charge is -2.34. The lowest BCUT2D eigenvalue weighted by atomic mass is 9.78. The van der Waals surface area contributed by atoms with Crippen LogP contribution in [0.3, 0.4) is 0 Å². The molecule has 0 radical (unpaired) electrons. The predicted molar refractivity (Wildman–Crippen MR) is 138 cm³/mol. The second-order valence-corrected chi connectivity index (χ2v) is 11.9. The van der Waals surface area contributed by atoms with Crippen LogP contribution in [0.1, 0.15) is 46.5 Å². The molecule has 4 N–H and O–H groups in total. The number of nitrogens with one attached hydrogen (secondary N) is 2. The molecule has 12 heteroatoms. The van der Waals surface area contributed by atoms with Gasteiger partial charge in [0.2, 0.25) is 24.1 Å². The highest BCUT2D eigenvalue weighted by Crippen LogP contribution is 2.42. The summed E-state index contributed by atoms with van der Waals surface area (Å²) in [6.07, 6.45) is 5.46. The molecule has 1 aromatic carbocycles. The number of aromatic nitrogens is 4. The van der Waals surface area contributed by atoms with Crippen LogP contribution in [0.25, 0.3) is 11.2 Å². The summed E-state index contributed by atoms with van der Waals surface area (Å²) < 4.78 is 19.3. The number of ether oxygens (including phenoxy) is 3. The van der Waals surface area contributed by atoms with Gasteiger partial charge in [0.05, 0.1) is 6.54 Å². The van der Waals surface area contributed by atoms with Crippen molar-refractivity contribution in [3.05, 3.63) is 22.9 Å². The number of amides is 1. The number of halogens is 1. The van der Waals surface area contributed by atoms with Gasteiger partial charge in [-0.25, -0.2) is 9.36 Å². The van der Waals surface area contributed by atoms with Gasteiger partial charge >= 0.3 is 6.09 Å². The van der Waals surface area contributed by atoms with Crippen molar-refractivity contribution in [2.24, 2.45) is 5.92 Å². The molecule has 36 heavy (non-hydrogen) atoms. The minimum Gasteiger partial charge on any atom is -0.454 e. The zero-order chi connectivity index (χ0) is 25.4. The smallest absolute Gasteiger partial charge is 0.407 e. The molecule has 2 aromatic heterocycles. The Bertz CT molecular complexity index is 1290. The molecule has 3 heterocycles. The van der Waals surface area contributed by atoms with Crippen LogP contribution in [-0.2, 0) is 11.3 Å². The van der Waals surface area contributed by atoms with Crippen molar-refractivity contribution in [2.75, 3.05) is 12.5 Å². The van der Waals surface area contributed by atoms with E-state index in [1.165, 1.54) is 18.2 Å². The Morgan fingerprint density at radius 1 is 1.36 bits per heavy atom. The average molecular weight is 579 g/mol. The lowest BCUT2D eigenvalue weighted by Crippen LogP contribution is -2.48. The molecule has 1 unspecified atom stereocenters. The van der Waals surface area contributed by atoms with E-state index in [0.29, 0.717) is 46.1 Å². The largest absolute Gasteiger partial charge is 0.454 e. The Kier molecular flexibility index (Phi) is 6.90. The summed E-state index contributed by atoms with van der Waals surface area (Å²) in [5.74, 6) is 2.24. The molecular formula is C24H30BrN6O4S+. The molecular weight excluding hydrogens is 548 g/mol. The van der Waals surface area contributed by atoms with E-state index < -0.39 is 5.60 Å². The van der Waals surface area contributed by atoms with Gasteiger partial charge in [-0.05, 0) is 85.8 Å². The van der Waals surface area contributed by atoms with E-state index in [4.69, 9.17) is 24.9 Å². The van der Waals surface area contributed by atoms with E-state index in [9.17, 15) is 4.79 Å². The van der Waals surface area contributed by atoms with Crippen molar-refractivity contribution in [3.63, 3.8) is 0 Å². The highest BCUT2D eigenvalue weighted by molar-refractivity contribution is 9.10. The van der Waals surface area contributed by atoms with E-state index in [2.05, 4.69) is 31.2 Å². The van der Waals surface area contributed by atoms with Crippen LogP contribution in [0.2, 0.25) is 0 Å². The third-order valence-electron chi connectivity index (χ3n) is 6.26. The van der Waals surface area contributed by atoms with E-state index >= 15 is 0 Å². The maximum absolute atomic E-state index is 12.4. The first-order valence-electron chi connectivity index (χ1n) is 12.0. The third kappa shape index (κ3) is 5.49. The topological polar surface area (TPSA) is 128 Å². The minimum atomic E-state index is -0.536. The Morgan fingerprint density at radius 2 is 2.11 bits per heavy atom. The fourth-order valence-corrected chi connectivity index (χ4v) is 5.66. The van der Waals surface area contributed by atoms with Crippen molar-refractivity contribution in [3.8, 4) is 11.5 Å². The number of hydrogen-bond acceptors (Lipinski definition) is 8. The fourth-order valence-electron chi connectivity index (χ4n) is 4.28. The van der Waals surface area contributed by atoms with Gasteiger partial charge in [-0.3, -0.25) is 0 Å². The maximum atomic E-state index is 12.4. The number of carbonyl (C=O) groups is 1. The monoisotopic (exact) mass is 577 g/mol. The highest BCUT2D eigenvalue weighted by Gasteiger charge is 2.31. The second-order valence-electron chi connectivity index (χ2n) is 10.0. The Morgan fingerprint density at radius 3 is 2.81 bits per heavy atom. The van der Waals surface area contributed by atoms with E-state index in [1.807, 2.05) is 37.5 Å². The van der Waals surface area contributed by atoms with Crippen LogP contribution in [0.5, 0.6) is 11.5 Å². The van der Waals surface area contributed by atoms with Crippen molar-refractivity contribution in [1.82, 2.24) is 20.3 Å². The number of aromatic amines is 1. The number of imidazole rings is 1. The molecule has 1 amide bonds. The standard InChI is InChI=1S/C24H29BrN6O4S/c1-24(2,3)35-23(32)28-15(13-5-4-6-13)7-8-31-11-27-20(26)19-21(31)30-22(29-19)36-18-10-17-16(9-14(18)25)33-12-34-17/h9-11,13,15H,4-8,12H2,1-3H3,(H3,26,28,29,30,32)/p+1. The van der Waals surface area contributed by atoms with Gasteiger partial charge in [0.15, 0.2) is 17.0 Å². The van der Waals surface area contributed by atoms with Crippen LogP contribution >= 0.6 is 27.7 Å². The van der Waals surface area contributed by atoms with Gasteiger partial charge in [-0.2, -0.15) is 0 Å². The first kappa shape index (κ1) is 24.9. The molecule has 1 atom stereocenters. The SMILES string of the molecule is CC(C)(C)OC(=O)NC(CC[n+]1cnc(N)c2[nH]c(Sc3cc4c(cc3Br)OCO4)nc21)C1CCC1. The molecule has 2 aliphatic rings. The number of carbonyl (C=O) groups excluding carboxylic acids is 1. The van der Waals surface area contributed by atoms with Crippen LogP contribution in [0.15, 0.2) is 33.0 Å². The molecule has 1 fully saturated rings. The number of rotatable bonds is 7. The van der Waals surface area contributed by atoms with E-state index in [0.717, 1.165) is 28.6 Å². The summed E-state index contributed by atoms with van der Waals surface area (Å²) in [4.78, 5) is 25.9. The summed E-state index contributed by atoms with van der Waals surface area (Å²) in [7, 11) is 0. The molecule has 10 nitrogen and oxygen atoms in total.